The van der Waals surface area contributed by atoms with Crippen molar-refractivity contribution in [2.75, 3.05) is 13.2 Å². The van der Waals surface area contributed by atoms with Crippen molar-refractivity contribution >= 4 is 17.9 Å². The molecule has 1 atom stereocenters. The highest BCUT2D eigenvalue weighted by molar-refractivity contribution is 5.71. The third kappa shape index (κ3) is 57.4. The van der Waals surface area contributed by atoms with Crippen molar-refractivity contribution in [2.24, 2.45) is 0 Å². The van der Waals surface area contributed by atoms with Gasteiger partial charge in [-0.05, 0) is 122 Å². The molecule has 0 heterocycles. The van der Waals surface area contributed by atoms with E-state index < -0.39 is 18.0 Å². The zero-order chi connectivity index (χ0) is 53.6. The van der Waals surface area contributed by atoms with Crippen molar-refractivity contribution < 1.29 is 28.6 Å². The van der Waals surface area contributed by atoms with Crippen LogP contribution in [0.15, 0.2) is 182 Å². The number of unbranched alkanes of at least 4 members (excludes halogenated alkanes) is 10. The molecule has 0 aromatic heterocycles. The van der Waals surface area contributed by atoms with Gasteiger partial charge in [0, 0.05) is 19.3 Å². The molecule has 0 aliphatic heterocycles. The summed E-state index contributed by atoms with van der Waals surface area (Å²) in [5, 5.41) is 0. The summed E-state index contributed by atoms with van der Waals surface area (Å²) in [6.45, 7) is 6.23. The molecule has 6 heteroatoms. The van der Waals surface area contributed by atoms with Crippen LogP contribution in [0.3, 0.4) is 0 Å². The normalized spacial score (nSPS) is 13.5. The summed E-state index contributed by atoms with van der Waals surface area (Å²) in [6.07, 6.45) is 90.4. The minimum absolute atomic E-state index is 0.152. The molecule has 0 aliphatic rings. The summed E-state index contributed by atoms with van der Waals surface area (Å²) in [5.74, 6) is -1.16. The quantitative estimate of drug-likeness (QED) is 0.0199. The maximum absolute atomic E-state index is 12.8. The molecule has 0 fully saturated rings. The fourth-order valence-electron chi connectivity index (χ4n) is 6.96. The Morgan fingerprint density at radius 3 is 0.986 bits per heavy atom. The van der Waals surface area contributed by atoms with E-state index in [4.69, 9.17) is 14.2 Å². The summed E-state index contributed by atoms with van der Waals surface area (Å²) < 4.78 is 16.7. The van der Waals surface area contributed by atoms with Gasteiger partial charge < -0.3 is 14.2 Å². The predicted octanol–water partition coefficient (Wildman–Crippen LogP) is 19.7. The zero-order valence-electron chi connectivity index (χ0n) is 46.8. The minimum Gasteiger partial charge on any atom is -0.462 e. The van der Waals surface area contributed by atoms with Gasteiger partial charge in [-0.2, -0.15) is 0 Å². The van der Waals surface area contributed by atoms with Gasteiger partial charge in [-0.1, -0.05) is 248 Å². The summed E-state index contributed by atoms with van der Waals surface area (Å²) in [6, 6.07) is 0. The molecule has 74 heavy (non-hydrogen) atoms. The Kier molecular flexibility index (Phi) is 55.6. The van der Waals surface area contributed by atoms with Crippen molar-refractivity contribution in [3.63, 3.8) is 0 Å². The molecule has 0 aliphatic carbocycles. The highest BCUT2D eigenvalue weighted by Crippen LogP contribution is 2.11. The van der Waals surface area contributed by atoms with Gasteiger partial charge in [0.05, 0.1) is 0 Å². The van der Waals surface area contributed by atoms with Crippen molar-refractivity contribution in [3.05, 3.63) is 182 Å². The summed E-state index contributed by atoms with van der Waals surface area (Å²) in [7, 11) is 0. The Hall–Kier alpha value is -5.49. The Labute approximate surface area is 453 Å². The summed E-state index contributed by atoms with van der Waals surface area (Å²) >= 11 is 0. The third-order valence-corrected chi connectivity index (χ3v) is 11.2. The van der Waals surface area contributed by atoms with Crippen LogP contribution in [0, 0.1) is 0 Å². The lowest BCUT2D eigenvalue weighted by atomic mass is 10.1. The first kappa shape index (κ1) is 68.5. The summed E-state index contributed by atoms with van der Waals surface area (Å²) in [4.78, 5) is 38.1. The highest BCUT2D eigenvalue weighted by Gasteiger charge is 2.19. The molecule has 0 rings (SSSR count). The van der Waals surface area contributed by atoms with Crippen LogP contribution in [0.25, 0.3) is 0 Å². The number of allylic oxidation sites excluding steroid dienone is 30. The number of esters is 3. The predicted molar refractivity (Wildman–Crippen MR) is 320 cm³/mol. The van der Waals surface area contributed by atoms with Crippen molar-refractivity contribution in [2.45, 2.75) is 213 Å². The standard InChI is InChI=1S/C68H102O6/c1-4-7-10-13-16-19-22-25-28-31-34-37-40-43-46-49-52-55-58-61-67(70)73-64-65(63-72-66(69)60-57-54-51-48-45-42-39-36-33-30-27-24-21-18-15-12-9-6-3)74-68(71)62-59-56-53-50-47-44-41-38-35-32-29-26-23-20-17-14-11-8-5-2/h7-8,10-11,16-17,19-20,24-30,33-39,43-44,46-47,52-53,55-56,65H,4-6,9,12-15,18,21-23,31-32,40-42,45,48-51,54,57-64H2,1-3H3/b10-7-,11-8-,19-16-,20-17-,27-24-,28-25-,29-26-,33-30-,37-34-,38-35-,39-36-,46-43-,47-44-,55-52-,56-53-. The van der Waals surface area contributed by atoms with Crippen molar-refractivity contribution in [1.82, 2.24) is 0 Å². The Balaban J connectivity index is 4.70. The van der Waals surface area contributed by atoms with Gasteiger partial charge in [0.2, 0.25) is 0 Å². The average molecular weight is 1020 g/mol. The van der Waals surface area contributed by atoms with Crippen LogP contribution in [0.5, 0.6) is 0 Å². The van der Waals surface area contributed by atoms with Crippen molar-refractivity contribution in [3.8, 4) is 0 Å². The molecule has 0 saturated carbocycles. The lowest BCUT2D eigenvalue weighted by Gasteiger charge is -2.18. The maximum atomic E-state index is 12.8. The van der Waals surface area contributed by atoms with Gasteiger partial charge >= 0.3 is 17.9 Å². The van der Waals surface area contributed by atoms with Crippen LogP contribution in [0.1, 0.15) is 207 Å². The molecule has 0 aromatic carbocycles. The second kappa shape index (κ2) is 60.1. The fraction of sp³-hybridized carbons (Fsp3) is 0.515. The molecular weight excluding hydrogens is 913 g/mol. The van der Waals surface area contributed by atoms with E-state index in [0.29, 0.717) is 19.3 Å². The number of hydrogen-bond donors (Lipinski definition) is 0. The Bertz CT molecular complexity index is 1780. The number of carbonyl (C=O) groups is 3. The van der Waals surface area contributed by atoms with Gasteiger partial charge in [-0.25, -0.2) is 0 Å². The molecular formula is C68H102O6. The Morgan fingerprint density at radius 2 is 0.608 bits per heavy atom. The van der Waals surface area contributed by atoms with E-state index in [2.05, 4.69) is 179 Å². The maximum Gasteiger partial charge on any atom is 0.306 e. The van der Waals surface area contributed by atoms with Crippen LogP contribution in [0.4, 0.5) is 0 Å². The molecule has 1 unspecified atom stereocenters. The average Bonchev–Trinajstić information content (AvgIpc) is 3.40. The zero-order valence-corrected chi connectivity index (χ0v) is 46.8. The molecule has 0 saturated heterocycles. The molecule has 0 aromatic rings. The topological polar surface area (TPSA) is 78.9 Å². The van der Waals surface area contributed by atoms with Gasteiger partial charge in [0.15, 0.2) is 6.10 Å². The van der Waals surface area contributed by atoms with Gasteiger partial charge in [-0.3, -0.25) is 14.4 Å². The van der Waals surface area contributed by atoms with Crippen LogP contribution in [0.2, 0.25) is 0 Å². The van der Waals surface area contributed by atoms with E-state index in [9.17, 15) is 14.4 Å². The van der Waals surface area contributed by atoms with E-state index in [1.165, 1.54) is 32.1 Å². The van der Waals surface area contributed by atoms with E-state index >= 15 is 0 Å². The second-order valence-electron chi connectivity index (χ2n) is 18.1. The fourth-order valence-corrected chi connectivity index (χ4v) is 6.96. The molecule has 0 spiro atoms. The number of ether oxygens (including phenoxy) is 3. The van der Waals surface area contributed by atoms with Crippen molar-refractivity contribution in [1.29, 1.82) is 0 Å². The lowest BCUT2D eigenvalue weighted by molar-refractivity contribution is -0.166. The van der Waals surface area contributed by atoms with E-state index in [-0.39, 0.29) is 32.0 Å². The highest BCUT2D eigenvalue weighted by atomic mass is 16.6. The first-order valence-corrected chi connectivity index (χ1v) is 28.8. The van der Waals surface area contributed by atoms with Gasteiger partial charge in [0.25, 0.3) is 0 Å². The van der Waals surface area contributed by atoms with E-state index in [0.717, 1.165) is 122 Å². The molecule has 6 nitrogen and oxygen atoms in total. The molecule has 410 valence electrons. The van der Waals surface area contributed by atoms with Crippen LogP contribution < -0.4 is 0 Å². The molecule has 0 bridgehead atoms. The molecule has 0 amide bonds. The Morgan fingerprint density at radius 1 is 0.297 bits per heavy atom. The molecule has 0 radical (unpaired) electrons. The SMILES string of the molecule is CC/C=C\C/C=C\C/C=C\C/C=C\C/C=C\C/C=C\CCC(=O)OCC(COC(=O)CCCCCCC\C=C/C=C\C=C/CCCCCCC)OC(=O)CC/C=C\C/C=C\C/C=C\C/C=C\C/C=C\C/C=C\CC. The second-order valence-corrected chi connectivity index (χ2v) is 18.1. The van der Waals surface area contributed by atoms with Crippen LogP contribution in [-0.2, 0) is 28.6 Å². The van der Waals surface area contributed by atoms with E-state index in [1.54, 1.807) is 0 Å². The smallest absolute Gasteiger partial charge is 0.306 e. The first-order chi connectivity index (χ1) is 36.5. The number of hydrogen-bond acceptors (Lipinski definition) is 6. The number of carbonyl (C=O) groups excluding carboxylic acids is 3. The summed E-state index contributed by atoms with van der Waals surface area (Å²) in [5.41, 5.74) is 0. The van der Waals surface area contributed by atoms with Crippen LogP contribution >= 0.6 is 0 Å². The molecule has 0 N–H and O–H groups in total. The first-order valence-electron chi connectivity index (χ1n) is 28.8. The van der Waals surface area contributed by atoms with E-state index in [1.807, 2.05) is 24.3 Å². The van der Waals surface area contributed by atoms with Crippen LogP contribution in [-0.4, -0.2) is 37.2 Å². The monoisotopic (exact) mass is 1010 g/mol. The lowest BCUT2D eigenvalue weighted by Crippen LogP contribution is -2.30. The third-order valence-electron chi connectivity index (χ3n) is 11.2. The van der Waals surface area contributed by atoms with Gasteiger partial charge in [0.1, 0.15) is 13.2 Å². The largest absolute Gasteiger partial charge is 0.462 e. The van der Waals surface area contributed by atoms with Gasteiger partial charge in [-0.15, -0.1) is 0 Å². The minimum atomic E-state index is -0.870. The number of rotatable bonds is 49.